The predicted molar refractivity (Wildman–Crippen MR) is 131 cm³/mol. The number of benzene rings is 1. The van der Waals surface area contributed by atoms with Crippen LogP contribution in [-0.2, 0) is 9.53 Å². The zero-order valence-corrected chi connectivity index (χ0v) is 20.9. The molecule has 1 N–H and O–H groups in total. The number of thioether (sulfide) groups is 1. The number of carbonyl (C=O) groups is 2. The third-order valence-electron chi connectivity index (χ3n) is 5.16. The number of rotatable bonds is 9. The van der Waals surface area contributed by atoms with Gasteiger partial charge in [0.25, 0.3) is 5.91 Å². The number of ether oxygens (including phenoxy) is 1. The Morgan fingerprint density at radius 2 is 2.03 bits per heavy atom. The number of methoxy groups -OCH3 is 1. The van der Waals surface area contributed by atoms with Gasteiger partial charge >= 0.3 is 0 Å². The van der Waals surface area contributed by atoms with Gasteiger partial charge in [0.1, 0.15) is 11.0 Å². The number of hydrogen-bond donors (Lipinski definition) is 1. The second-order valence-corrected chi connectivity index (χ2v) is 9.33. The van der Waals surface area contributed by atoms with Gasteiger partial charge in [-0.15, -0.1) is 0 Å². The van der Waals surface area contributed by atoms with Crippen molar-refractivity contribution >= 4 is 52.6 Å². The largest absolute Gasteiger partial charge is 0.385 e. The van der Waals surface area contributed by atoms with Crippen molar-refractivity contribution in [1.82, 2.24) is 20.2 Å². The summed E-state index contributed by atoms with van der Waals surface area (Å²) in [7, 11) is 1.63. The van der Waals surface area contributed by atoms with E-state index in [0.29, 0.717) is 59.5 Å². The van der Waals surface area contributed by atoms with E-state index in [-0.39, 0.29) is 23.6 Å². The van der Waals surface area contributed by atoms with Crippen molar-refractivity contribution in [3.8, 4) is 0 Å². The molecule has 0 aliphatic carbocycles. The molecule has 2 amide bonds. The highest BCUT2D eigenvalue weighted by atomic mass is 35.5. The van der Waals surface area contributed by atoms with Crippen LogP contribution in [0.1, 0.15) is 23.7 Å². The molecule has 11 heteroatoms. The number of amides is 2. The number of aromatic nitrogens is 2. The van der Waals surface area contributed by atoms with Gasteiger partial charge in [-0.05, 0) is 25.5 Å². The Morgan fingerprint density at radius 1 is 1.24 bits per heavy atom. The lowest BCUT2D eigenvalue weighted by molar-refractivity contribution is -0.118. The molecule has 1 unspecified atom stereocenters. The lowest BCUT2D eigenvalue weighted by Gasteiger charge is -2.40. The third kappa shape index (κ3) is 7.20. The molecule has 3 rings (SSSR count). The van der Waals surface area contributed by atoms with Crippen LogP contribution in [-0.4, -0.2) is 78.4 Å². The van der Waals surface area contributed by atoms with Gasteiger partial charge in [-0.3, -0.25) is 9.59 Å². The normalized spacial score (nSPS) is 16.1. The molecule has 1 aliphatic rings. The van der Waals surface area contributed by atoms with E-state index < -0.39 is 0 Å². The highest BCUT2D eigenvalue weighted by molar-refractivity contribution is 7.99. The molecule has 0 radical (unpaired) electrons. The van der Waals surface area contributed by atoms with Crippen LogP contribution in [0.3, 0.4) is 0 Å². The average Bonchev–Trinajstić information content (AvgIpc) is 2.80. The molecule has 178 valence electrons. The molecule has 0 spiro atoms. The molecule has 1 aliphatic heterocycles. The van der Waals surface area contributed by atoms with E-state index in [0.717, 1.165) is 6.42 Å². The predicted octanol–water partition coefficient (Wildman–Crippen LogP) is 3.38. The van der Waals surface area contributed by atoms with Gasteiger partial charge in [0, 0.05) is 52.0 Å². The molecule has 1 aromatic carbocycles. The van der Waals surface area contributed by atoms with Crippen molar-refractivity contribution in [1.29, 1.82) is 0 Å². The van der Waals surface area contributed by atoms with Crippen molar-refractivity contribution in [2.45, 2.75) is 24.5 Å². The summed E-state index contributed by atoms with van der Waals surface area (Å²) in [6.45, 7) is 4.87. The summed E-state index contributed by atoms with van der Waals surface area (Å²) in [6.07, 6.45) is 0.758. The number of hydrogen-bond acceptors (Lipinski definition) is 7. The van der Waals surface area contributed by atoms with E-state index >= 15 is 0 Å². The highest BCUT2D eigenvalue weighted by Crippen LogP contribution is 2.25. The van der Waals surface area contributed by atoms with E-state index in [9.17, 15) is 9.59 Å². The first-order valence-corrected chi connectivity index (χ1v) is 12.4. The Labute approximate surface area is 208 Å². The quantitative estimate of drug-likeness (QED) is 0.239. The fourth-order valence-electron chi connectivity index (χ4n) is 3.49. The SMILES string of the molecule is COCCCNC(=O)CSc1nc(Cl)cc(N2CCN(C(=O)c3ccccc3Cl)C(C)C2)n1. The minimum Gasteiger partial charge on any atom is -0.385 e. The molecule has 2 heterocycles. The molecule has 0 bridgehead atoms. The number of anilines is 1. The number of nitrogens with zero attached hydrogens (tertiary/aromatic N) is 4. The Balaban J connectivity index is 1.59. The fraction of sp³-hybridized carbons (Fsp3) is 0.455. The zero-order chi connectivity index (χ0) is 23.8. The summed E-state index contributed by atoms with van der Waals surface area (Å²) < 4.78 is 4.97. The second kappa shape index (κ2) is 12.4. The van der Waals surface area contributed by atoms with Crippen molar-refractivity contribution in [3.63, 3.8) is 0 Å². The smallest absolute Gasteiger partial charge is 0.255 e. The standard InChI is InChI=1S/C22H27Cl2N5O3S/c1-15-13-28(9-10-29(15)21(31)16-6-3-4-7-17(16)23)19-12-18(24)26-22(27-19)33-14-20(30)25-8-5-11-32-2/h3-4,6-7,12,15H,5,8-11,13-14H2,1-2H3,(H,25,30). The number of carbonyl (C=O) groups excluding carboxylic acids is 2. The van der Waals surface area contributed by atoms with E-state index in [1.807, 2.05) is 17.9 Å². The van der Waals surface area contributed by atoms with Gasteiger partial charge in [0.05, 0.1) is 16.3 Å². The first-order chi connectivity index (χ1) is 15.9. The molecule has 0 saturated carbocycles. The summed E-state index contributed by atoms with van der Waals surface area (Å²) >= 11 is 13.7. The maximum absolute atomic E-state index is 13.0. The fourth-order valence-corrected chi connectivity index (χ4v) is 4.62. The van der Waals surface area contributed by atoms with E-state index in [1.165, 1.54) is 11.8 Å². The van der Waals surface area contributed by atoms with Crippen LogP contribution in [0, 0.1) is 0 Å². The summed E-state index contributed by atoms with van der Waals surface area (Å²) in [6, 6.07) is 8.73. The molecule has 1 aromatic heterocycles. The minimum absolute atomic E-state index is 0.0507. The van der Waals surface area contributed by atoms with Crippen LogP contribution in [0.5, 0.6) is 0 Å². The van der Waals surface area contributed by atoms with Crippen LogP contribution >= 0.6 is 35.0 Å². The minimum atomic E-state index is -0.0958. The van der Waals surface area contributed by atoms with Crippen LogP contribution in [0.15, 0.2) is 35.5 Å². The van der Waals surface area contributed by atoms with E-state index in [4.69, 9.17) is 27.9 Å². The molecule has 1 fully saturated rings. The van der Waals surface area contributed by atoms with Crippen molar-refractivity contribution in [2.24, 2.45) is 0 Å². The number of piperazine rings is 1. The van der Waals surface area contributed by atoms with Gasteiger partial charge in [-0.25, -0.2) is 9.97 Å². The molecule has 1 saturated heterocycles. The first kappa shape index (κ1) is 25.6. The summed E-state index contributed by atoms with van der Waals surface area (Å²) in [5.41, 5.74) is 0.503. The van der Waals surface area contributed by atoms with Crippen LogP contribution in [0.4, 0.5) is 5.82 Å². The van der Waals surface area contributed by atoms with Crippen LogP contribution in [0.25, 0.3) is 0 Å². The van der Waals surface area contributed by atoms with Gasteiger partial charge in [0.2, 0.25) is 5.91 Å². The maximum atomic E-state index is 13.0. The maximum Gasteiger partial charge on any atom is 0.255 e. The number of nitrogens with one attached hydrogen (secondary N) is 1. The van der Waals surface area contributed by atoms with Crippen molar-refractivity contribution < 1.29 is 14.3 Å². The van der Waals surface area contributed by atoms with Crippen LogP contribution in [0.2, 0.25) is 10.2 Å². The molecule has 1 atom stereocenters. The van der Waals surface area contributed by atoms with Crippen LogP contribution < -0.4 is 10.2 Å². The molecule has 2 aromatic rings. The first-order valence-electron chi connectivity index (χ1n) is 10.6. The highest BCUT2D eigenvalue weighted by Gasteiger charge is 2.30. The Bertz CT molecular complexity index is 981. The summed E-state index contributed by atoms with van der Waals surface area (Å²) in [4.78, 5) is 37.7. The molecular weight excluding hydrogens is 485 g/mol. The third-order valence-corrected chi connectivity index (χ3v) is 6.53. The average molecular weight is 512 g/mol. The monoisotopic (exact) mass is 511 g/mol. The lowest BCUT2D eigenvalue weighted by atomic mass is 10.1. The van der Waals surface area contributed by atoms with E-state index in [2.05, 4.69) is 20.2 Å². The summed E-state index contributed by atoms with van der Waals surface area (Å²) in [5.74, 6) is 0.695. The Hall–Kier alpha value is -2.07. The van der Waals surface area contributed by atoms with Crippen molar-refractivity contribution in [3.05, 3.63) is 46.1 Å². The molecular formula is C22H27Cl2N5O3S. The topological polar surface area (TPSA) is 87.7 Å². The van der Waals surface area contributed by atoms with Crippen molar-refractivity contribution in [2.75, 3.05) is 50.5 Å². The molecule has 33 heavy (non-hydrogen) atoms. The van der Waals surface area contributed by atoms with E-state index in [1.54, 1.807) is 31.4 Å². The second-order valence-electron chi connectivity index (χ2n) is 7.59. The van der Waals surface area contributed by atoms with Gasteiger partial charge in [0.15, 0.2) is 5.16 Å². The zero-order valence-electron chi connectivity index (χ0n) is 18.6. The van der Waals surface area contributed by atoms with Gasteiger partial charge in [-0.2, -0.15) is 0 Å². The lowest BCUT2D eigenvalue weighted by Crippen LogP contribution is -2.54. The number of halogens is 2. The molecule has 8 nitrogen and oxygen atoms in total. The summed E-state index contributed by atoms with van der Waals surface area (Å²) in [5, 5.41) is 4.03. The van der Waals surface area contributed by atoms with Gasteiger partial charge < -0.3 is 19.9 Å². The Kier molecular flexibility index (Phi) is 9.61. The van der Waals surface area contributed by atoms with Gasteiger partial charge in [-0.1, -0.05) is 47.1 Å². The Morgan fingerprint density at radius 3 is 2.76 bits per heavy atom.